The number of aliphatic hydroxyl groups excluding tert-OH is 2. The first-order valence-corrected chi connectivity index (χ1v) is 5.34. The molecule has 0 aromatic heterocycles. The smallest absolute Gasteiger partial charge is 0.0519 e. The van der Waals surface area contributed by atoms with Crippen molar-refractivity contribution in [3.05, 3.63) is 0 Å². The maximum atomic E-state index is 9.21. The Bertz CT molecular complexity index is 145. The number of hydrogen-bond donors (Lipinski definition) is 2. The second-order valence-corrected chi connectivity index (χ2v) is 4.99. The highest BCUT2D eigenvalue weighted by molar-refractivity contribution is 4.80. The second-order valence-electron chi connectivity index (χ2n) is 4.99. The van der Waals surface area contributed by atoms with Crippen LogP contribution in [0.15, 0.2) is 0 Å². The summed E-state index contributed by atoms with van der Waals surface area (Å²) in [6.45, 7) is 11.2. The van der Waals surface area contributed by atoms with Gasteiger partial charge in [-0.05, 0) is 27.7 Å². The summed E-state index contributed by atoms with van der Waals surface area (Å²) < 4.78 is 0. The Labute approximate surface area is 87.7 Å². The zero-order valence-corrected chi connectivity index (χ0v) is 10.1. The Morgan fingerprint density at radius 3 is 1.57 bits per heavy atom. The van der Waals surface area contributed by atoms with Crippen LogP contribution in [0.3, 0.4) is 0 Å². The Balaban J connectivity index is 4.42. The molecule has 0 fully saturated rings. The van der Waals surface area contributed by atoms with Gasteiger partial charge in [0.15, 0.2) is 0 Å². The van der Waals surface area contributed by atoms with Crippen molar-refractivity contribution >= 4 is 0 Å². The number of nitrogens with zero attached hydrogens (tertiary/aromatic N) is 1. The minimum atomic E-state index is -0.394. The van der Waals surface area contributed by atoms with Gasteiger partial charge in [-0.1, -0.05) is 6.92 Å². The van der Waals surface area contributed by atoms with Crippen molar-refractivity contribution in [2.75, 3.05) is 19.8 Å². The minimum absolute atomic E-state index is 0.0272. The Morgan fingerprint density at radius 2 is 1.36 bits per heavy atom. The predicted octanol–water partition coefficient (Wildman–Crippen LogP) is 1.10. The van der Waals surface area contributed by atoms with Gasteiger partial charge in [0.1, 0.15) is 0 Å². The second kappa shape index (κ2) is 5.69. The molecule has 0 saturated heterocycles. The van der Waals surface area contributed by atoms with Gasteiger partial charge in [0.05, 0.1) is 13.2 Å². The van der Waals surface area contributed by atoms with Crippen LogP contribution in [0.25, 0.3) is 0 Å². The van der Waals surface area contributed by atoms with Crippen molar-refractivity contribution in [3.63, 3.8) is 0 Å². The van der Waals surface area contributed by atoms with Gasteiger partial charge in [0, 0.05) is 24.0 Å². The van der Waals surface area contributed by atoms with E-state index in [-0.39, 0.29) is 13.2 Å². The van der Waals surface area contributed by atoms with Crippen molar-refractivity contribution in [1.29, 1.82) is 0 Å². The average molecular weight is 203 g/mol. The molecule has 86 valence electrons. The monoisotopic (exact) mass is 203 g/mol. The van der Waals surface area contributed by atoms with Crippen LogP contribution < -0.4 is 0 Å². The highest BCUT2D eigenvalue weighted by atomic mass is 16.3. The maximum absolute atomic E-state index is 9.21. The molecular formula is C11H25NO2. The van der Waals surface area contributed by atoms with Gasteiger partial charge < -0.3 is 10.2 Å². The molecule has 3 nitrogen and oxygen atoms in total. The quantitative estimate of drug-likeness (QED) is 0.679. The zero-order valence-electron chi connectivity index (χ0n) is 10.1. The highest BCUT2D eigenvalue weighted by Crippen LogP contribution is 2.19. The largest absolute Gasteiger partial charge is 0.396 e. The molecule has 0 amide bonds. The molecule has 0 unspecified atom stereocenters. The molecule has 0 saturated carbocycles. The van der Waals surface area contributed by atoms with Gasteiger partial charge in [-0.3, -0.25) is 4.90 Å². The lowest BCUT2D eigenvalue weighted by Crippen LogP contribution is -2.46. The van der Waals surface area contributed by atoms with E-state index in [1.165, 1.54) is 0 Å². The lowest BCUT2D eigenvalue weighted by Gasteiger charge is -2.37. The van der Waals surface area contributed by atoms with Crippen molar-refractivity contribution in [3.8, 4) is 0 Å². The average Bonchev–Trinajstić information content (AvgIpc) is 2.13. The van der Waals surface area contributed by atoms with Crippen molar-refractivity contribution in [2.24, 2.45) is 5.41 Å². The molecule has 0 aromatic carbocycles. The van der Waals surface area contributed by atoms with Crippen molar-refractivity contribution < 1.29 is 10.2 Å². The summed E-state index contributed by atoms with van der Waals surface area (Å²) >= 11 is 0. The standard InChI is InChI=1S/C11H25NO2/c1-9(2)12(10(3)4)6-11(5,7-13)8-14/h9-10,13-14H,6-8H2,1-5H3. The molecule has 0 aromatic rings. The van der Waals surface area contributed by atoms with Crippen LogP contribution in [0.1, 0.15) is 34.6 Å². The SMILES string of the molecule is CC(C)N(CC(C)(CO)CO)C(C)C. The van der Waals surface area contributed by atoms with E-state index in [4.69, 9.17) is 0 Å². The van der Waals surface area contributed by atoms with E-state index in [1.54, 1.807) is 0 Å². The summed E-state index contributed by atoms with van der Waals surface area (Å²) in [6, 6.07) is 0.875. The summed E-state index contributed by atoms with van der Waals surface area (Å²) in [5.41, 5.74) is -0.394. The van der Waals surface area contributed by atoms with E-state index in [9.17, 15) is 10.2 Å². The number of hydrogen-bond acceptors (Lipinski definition) is 3. The number of rotatable bonds is 6. The molecule has 2 N–H and O–H groups in total. The van der Waals surface area contributed by atoms with Gasteiger partial charge in [-0.15, -0.1) is 0 Å². The van der Waals surface area contributed by atoms with Crippen molar-refractivity contribution in [2.45, 2.75) is 46.7 Å². The Kier molecular flexibility index (Phi) is 5.64. The summed E-state index contributed by atoms with van der Waals surface area (Å²) in [4.78, 5) is 2.28. The van der Waals surface area contributed by atoms with Crippen LogP contribution >= 0.6 is 0 Å². The molecule has 0 spiro atoms. The Hall–Kier alpha value is -0.120. The third kappa shape index (κ3) is 3.95. The lowest BCUT2D eigenvalue weighted by atomic mass is 9.91. The van der Waals surface area contributed by atoms with Crippen LogP contribution in [0, 0.1) is 5.41 Å². The molecule has 14 heavy (non-hydrogen) atoms. The molecule has 0 aliphatic carbocycles. The Morgan fingerprint density at radius 1 is 1.00 bits per heavy atom. The molecule has 0 rings (SSSR count). The van der Waals surface area contributed by atoms with Gasteiger partial charge in [-0.2, -0.15) is 0 Å². The zero-order chi connectivity index (χ0) is 11.4. The van der Waals surface area contributed by atoms with Crippen LogP contribution in [-0.4, -0.2) is 47.0 Å². The first kappa shape index (κ1) is 13.9. The molecular weight excluding hydrogens is 178 g/mol. The molecule has 3 heteroatoms. The third-order valence-corrected chi connectivity index (χ3v) is 2.65. The predicted molar refractivity (Wildman–Crippen MR) is 59.3 cm³/mol. The normalized spacial score (nSPS) is 13.3. The van der Waals surface area contributed by atoms with E-state index < -0.39 is 5.41 Å². The van der Waals surface area contributed by atoms with E-state index in [0.717, 1.165) is 6.54 Å². The minimum Gasteiger partial charge on any atom is -0.396 e. The highest BCUT2D eigenvalue weighted by Gasteiger charge is 2.28. The summed E-state index contributed by atoms with van der Waals surface area (Å²) in [5.74, 6) is 0. The first-order chi connectivity index (χ1) is 6.36. The maximum Gasteiger partial charge on any atom is 0.0519 e. The van der Waals surface area contributed by atoms with Crippen LogP contribution in [0.5, 0.6) is 0 Å². The first-order valence-electron chi connectivity index (χ1n) is 5.34. The van der Waals surface area contributed by atoms with Crippen LogP contribution in [0.4, 0.5) is 0 Å². The fourth-order valence-electron chi connectivity index (χ4n) is 1.55. The van der Waals surface area contributed by atoms with Gasteiger partial charge in [-0.25, -0.2) is 0 Å². The molecule has 0 aliphatic heterocycles. The fourth-order valence-corrected chi connectivity index (χ4v) is 1.55. The van der Waals surface area contributed by atoms with E-state index in [1.807, 2.05) is 6.92 Å². The molecule has 0 aliphatic rings. The third-order valence-electron chi connectivity index (χ3n) is 2.65. The summed E-state index contributed by atoms with van der Waals surface area (Å²) in [5, 5.41) is 18.4. The number of aliphatic hydroxyl groups is 2. The summed E-state index contributed by atoms with van der Waals surface area (Å²) in [7, 11) is 0. The van der Waals surface area contributed by atoms with E-state index >= 15 is 0 Å². The molecule has 0 radical (unpaired) electrons. The molecule has 0 bridgehead atoms. The molecule has 0 atom stereocenters. The van der Waals surface area contributed by atoms with Crippen molar-refractivity contribution in [1.82, 2.24) is 4.90 Å². The van der Waals surface area contributed by atoms with Gasteiger partial charge in [0.2, 0.25) is 0 Å². The molecule has 0 heterocycles. The fraction of sp³-hybridized carbons (Fsp3) is 1.00. The van der Waals surface area contributed by atoms with E-state index in [0.29, 0.717) is 12.1 Å². The lowest BCUT2D eigenvalue weighted by molar-refractivity contribution is 0.0154. The van der Waals surface area contributed by atoms with Gasteiger partial charge in [0.25, 0.3) is 0 Å². The topological polar surface area (TPSA) is 43.7 Å². The van der Waals surface area contributed by atoms with Gasteiger partial charge >= 0.3 is 0 Å². The van der Waals surface area contributed by atoms with E-state index in [2.05, 4.69) is 32.6 Å². The van der Waals surface area contributed by atoms with Crippen LogP contribution in [-0.2, 0) is 0 Å². The van der Waals surface area contributed by atoms with Crippen LogP contribution in [0.2, 0.25) is 0 Å². The summed E-state index contributed by atoms with van der Waals surface area (Å²) in [6.07, 6.45) is 0.